The van der Waals surface area contributed by atoms with E-state index in [2.05, 4.69) is 32.7 Å². The van der Waals surface area contributed by atoms with Crippen LogP contribution in [-0.2, 0) is 9.47 Å². The number of nitrogens with one attached hydrogen (secondary N) is 2. The lowest BCUT2D eigenvalue weighted by atomic mass is 10.0. The quantitative estimate of drug-likeness (QED) is 0.346. The molecule has 30 heavy (non-hydrogen) atoms. The minimum atomic E-state index is 0.275. The highest BCUT2D eigenvalue weighted by Crippen LogP contribution is 2.25. The molecule has 2 saturated heterocycles. The number of methoxy groups -OCH3 is 1. The lowest BCUT2D eigenvalue weighted by Gasteiger charge is -2.35. The van der Waals surface area contributed by atoms with Crippen molar-refractivity contribution in [1.82, 2.24) is 15.5 Å². The van der Waals surface area contributed by atoms with E-state index in [9.17, 15) is 0 Å². The van der Waals surface area contributed by atoms with Crippen molar-refractivity contribution in [3.63, 3.8) is 0 Å². The van der Waals surface area contributed by atoms with Crippen molar-refractivity contribution in [2.75, 3.05) is 60.2 Å². The third-order valence-corrected chi connectivity index (χ3v) is 5.89. The number of hydrogen-bond donors (Lipinski definition) is 2. The fraction of sp³-hybridized carbons (Fsp3) is 0.696. The molecule has 2 atom stereocenters. The number of aliphatic imine (C=N–C) groups is 1. The van der Waals surface area contributed by atoms with E-state index < -0.39 is 0 Å². The Morgan fingerprint density at radius 3 is 2.63 bits per heavy atom. The number of rotatable bonds is 10. The third-order valence-electron chi connectivity index (χ3n) is 5.89. The second-order valence-electron chi connectivity index (χ2n) is 7.98. The summed E-state index contributed by atoms with van der Waals surface area (Å²) in [6, 6.07) is 8.75. The summed E-state index contributed by atoms with van der Waals surface area (Å²) in [6.07, 6.45) is 6.39. The molecule has 0 aliphatic carbocycles. The van der Waals surface area contributed by atoms with Crippen LogP contribution in [-0.4, -0.2) is 77.1 Å². The van der Waals surface area contributed by atoms with Crippen LogP contribution in [0.4, 0.5) is 0 Å². The molecular formula is C23H38N4O3. The molecule has 2 heterocycles. The lowest BCUT2D eigenvalue weighted by molar-refractivity contribution is 0.0191. The predicted molar refractivity (Wildman–Crippen MR) is 120 cm³/mol. The first-order chi connectivity index (χ1) is 14.8. The lowest BCUT2D eigenvalue weighted by Crippen LogP contribution is -2.45. The summed E-state index contributed by atoms with van der Waals surface area (Å²) in [4.78, 5) is 6.96. The number of guanidine groups is 1. The maximum Gasteiger partial charge on any atom is 0.191 e. The van der Waals surface area contributed by atoms with E-state index in [0.717, 1.165) is 57.3 Å². The summed E-state index contributed by atoms with van der Waals surface area (Å²) in [7, 11) is 3.52. The number of piperidine rings is 1. The zero-order chi connectivity index (χ0) is 21.0. The first-order valence-electron chi connectivity index (χ1n) is 11.3. The Balaban J connectivity index is 1.47. The topological polar surface area (TPSA) is 67.4 Å². The maximum atomic E-state index is 5.73. The Hall–Kier alpha value is -1.83. The molecule has 7 heteroatoms. The van der Waals surface area contributed by atoms with E-state index in [1.54, 1.807) is 7.11 Å². The molecule has 0 amide bonds. The second kappa shape index (κ2) is 12.8. The Morgan fingerprint density at radius 1 is 1.17 bits per heavy atom. The van der Waals surface area contributed by atoms with Gasteiger partial charge in [-0.3, -0.25) is 9.89 Å². The fourth-order valence-corrected chi connectivity index (χ4v) is 4.16. The van der Waals surface area contributed by atoms with Crippen LogP contribution in [0.3, 0.4) is 0 Å². The van der Waals surface area contributed by atoms with Gasteiger partial charge in [-0.2, -0.15) is 0 Å². The highest BCUT2D eigenvalue weighted by Gasteiger charge is 2.22. The molecule has 0 saturated carbocycles. The number of likely N-dealkylation sites (tertiary alicyclic amines) is 1. The van der Waals surface area contributed by atoms with Gasteiger partial charge in [-0.25, -0.2) is 0 Å². The largest absolute Gasteiger partial charge is 0.497 e. The summed E-state index contributed by atoms with van der Waals surface area (Å²) in [5.41, 5.74) is 1.31. The molecule has 2 fully saturated rings. The van der Waals surface area contributed by atoms with Gasteiger partial charge in [-0.05, 0) is 56.5 Å². The Bertz CT molecular complexity index is 626. The number of hydrogen-bond acceptors (Lipinski definition) is 5. The van der Waals surface area contributed by atoms with Crippen LogP contribution < -0.4 is 15.4 Å². The van der Waals surface area contributed by atoms with E-state index in [1.165, 1.54) is 24.8 Å². The second-order valence-corrected chi connectivity index (χ2v) is 7.98. The monoisotopic (exact) mass is 418 g/mol. The molecule has 2 aliphatic rings. The summed E-state index contributed by atoms with van der Waals surface area (Å²) in [5.74, 6) is 1.70. The zero-order valence-corrected chi connectivity index (χ0v) is 18.6. The Labute approximate surface area is 181 Å². The summed E-state index contributed by atoms with van der Waals surface area (Å²) >= 11 is 0. The number of benzene rings is 1. The molecule has 0 radical (unpaired) electrons. The van der Waals surface area contributed by atoms with Crippen LogP contribution in [0.2, 0.25) is 0 Å². The molecule has 168 valence electrons. The van der Waals surface area contributed by atoms with E-state index in [4.69, 9.17) is 14.2 Å². The number of ether oxygens (including phenoxy) is 3. The highest BCUT2D eigenvalue weighted by atomic mass is 16.5. The van der Waals surface area contributed by atoms with E-state index in [-0.39, 0.29) is 6.10 Å². The van der Waals surface area contributed by atoms with Crippen molar-refractivity contribution in [2.24, 2.45) is 4.99 Å². The molecule has 0 spiro atoms. The summed E-state index contributed by atoms with van der Waals surface area (Å²) < 4.78 is 16.6. The van der Waals surface area contributed by atoms with E-state index in [1.807, 2.05) is 19.2 Å². The highest BCUT2D eigenvalue weighted by molar-refractivity contribution is 5.79. The average Bonchev–Trinajstić information content (AvgIpc) is 3.32. The summed E-state index contributed by atoms with van der Waals surface area (Å²) in [6.45, 7) is 6.01. The molecule has 1 aromatic carbocycles. The predicted octanol–water partition coefficient (Wildman–Crippen LogP) is 2.58. The average molecular weight is 419 g/mol. The molecule has 3 rings (SSSR count). The number of nitrogens with zero attached hydrogens (tertiary/aromatic N) is 2. The van der Waals surface area contributed by atoms with Gasteiger partial charge in [0.2, 0.25) is 0 Å². The molecule has 2 aliphatic heterocycles. The summed E-state index contributed by atoms with van der Waals surface area (Å²) in [5, 5.41) is 6.87. The van der Waals surface area contributed by atoms with Crippen molar-refractivity contribution in [3.8, 4) is 5.75 Å². The van der Waals surface area contributed by atoms with Crippen molar-refractivity contribution in [2.45, 2.75) is 44.2 Å². The van der Waals surface area contributed by atoms with Crippen LogP contribution in [0, 0.1) is 0 Å². The Morgan fingerprint density at radius 2 is 1.97 bits per heavy atom. The van der Waals surface area contributed by atoms with Crippen LogP contribution in [0.25, 0.3) is 0 Å². The minimum Gasteiger partial charge on any atom is -0.497 e. The fourth-order valence-electron chi connectivity index (χ4n) is 4.16. The molecule has 1 aromatic rings. The first kappa shape index (κ1) is 22.8. The van der Waals surface area contributed by atoms with Crippen LogP contribution in [0.5, 0.6) is 5.75 Å². The maximum absolute atomic E-state index is 5.73. The van der Waals surface area contributed by atoms with Gasteiger partial charge in [0.25, 0.3) is 0 Å². The van der Waals surface area contributed by atoms with Gasteiger partial charge in [-0.1, -0.05) is 18.6 Å². The Kier molecular flexibility index (Phi) is 9.73. The first-order valence-corrected chi connectivity index (χ1v) is 11.3. The van der Waals surface area contributed by atoms with Crippen LogP contribution in [0.15, 0.2) is 29.3 Å². The standard InChI is InChI=1S/C23H38N4O3/c1-24-23(25-12-16-29-18-21-7-6-15-30-21)26-17-22(27-13-4-3-5-14-27)19-8-10-20(28-2)11-9-19/h8-11,21-22H,3-7,12-18H2,1-2H3,(H2,24,25,26). The van der Waals surface area contributed by atoms with Crippen molar-refractivity contribution in [3.05, 3.63) is 29.8 Å². The van der Waals surface area contributed by atoms with Gasteiger partial charge in [0.1, 0.15) is 5.75 Å². The van der Waals surface area contributed by atoms with Gasteiger partial charge in [0.15, 0.2) is 5.96 Å². The van der Waals surface area contributed by atoms with Crippen molar-refractivity contribution in [1.29, 1.82) is 0 Å². The normalized spacial score (nSPS) is 21.4. The molecule has 0 aromatic heterocycles. The SMILES string of the molecule is CN=C(NCCOCC1CCCO1)NCC(c1ccc(OC)cc1)N1CCCCC1. The van der Waals surface area contributed by atoms with Gasteiger partial charge < -0.3 is 24.8 Å². The molecular weight excluding hydrogens is 380 g/mol. The van der Waals surface area contributed by atoms with Gasteiger partial charge in [-0.15, -0.1) is 0 Å². The molecule has 7 nitrogen and oxygen atoms in total. The minimum absolute atomic E-state index is 0.275. The van der Waals surface area contributed by atoms with Crippen LogP contribution >= 0.6 is 0 Å². The molecule has 2 unspecified atom stereocenters. The van der Waals surface area contributed by atoms with Crippen LogP contribution in [0.1, 0.15) is 43.7 Å². The molecule has 2 N–H and O–H groups in total. The van der Waals surface area contributed by atoms with Gasteiger partial charge in [0, 0.05) is 26.7 Å². The van der Waals surface area contributed by atoms with Gasteiger partial charge >= 0.3 is 0 Å². The zero-order valence-electron chi connectivity index (χ0n) is 18.6. The van der Waals surface area contributed by atoms with E-state index >= 15 is 0 Å². The van der Waals surface area contributed by atoms with E-state index in [0.29, 0.717) is 19.3 Å². The third kappa shape index (κ3) is 7.15. The molecule has 0 bridgehead atoms. The van der Waals surface area contributed by atoms with Crippen molar-refractivity contribution < 1.29 is 14.2 Å². The van der Waals surface area contributed by atoms with Gasteiger partial charge in [0.05, 0.1) is 32.5 Å². The smallest absolute Gasteiger partial charge is 0.191 e. The van der Waals surface area contributed by atoms with Crippen molar-refractivity contribution >= 4 is 5.96 Å².